The predicted octanol–water partition coefficient (Wildman–Crippen LogP) is 5.86. The van der Waals surface area contributed by atoms with E-state index in [9.17, 15) is 36.2 Å². The molecule has 39 heavy (non-hydrogen) atoms. The highest BCUT2D eigenvalue weighted by atomic mass is 32.1. The number of fused-ring (bicyclic) bond motifs is 1. The Morgan fingerprint density at radius 3 is 2.44 bits per heavy atom. The maximum absolute atomic E-state index is 13.3. The first kappa shape index (κ1) is 27.8. The number of rotatable bonds is 7. The van der Waals surface area contributed by atoms with Gasteiger partial charge >= 0.3 is 12.4 Å². The summed E-state index contributed by atoms with van der Waals surface area (Å²) in [4.78, 5) is 22.6. The van der Waals surface area contributed by atoms with Gasteiger partial charge in [0.05, 0.1) is 17.6 Å². The quantitative estimate of drug-likeness (QED) is 0.346. The third kappa shape index (κ3) is 6.04. The maximum atomic E-state index is 13.3. The van der Waals surface area contributed by atoms with Crippen LogP contribution in [0.4, 0.5) is 32.0 Å². The number of alkyl halides is 6. The van der Waals surface area contributed by atoms with Crippen molar-refractivity contribution in [3.8, 4) is 0 Å². The van der Waals surface area contributed by atoms with Gasteiger partial charge in [0.1, 0.15) is 16.3 Å². The molecule has 6 nitrogen and oxygen atoms in total. The van der Waals surface area contributed by atoms with Crippen molar-refractivity contribution < 1.29 is 36.2 Å². The molecule has 13 heteroatoms. The average Bonchev–Trinajstić information content (AvgIpc) is 3.40. The number of carbonyl (C=O) groups excluding carboxylic acids is 1. The number of thiazole rings is 1. The summed E-state index contributed by atoms with van der Waals surface area (Å²) in [5.41, 5.74) is -3.64. The van der Waals surface area contributed by atoms with Crippen LogP contribution >= 0.6 is 11.3 Å². The number of nitrogens with zero attached hydrogens (tertiary/aromatic N) is 3. The first-order chi connectivity index (χ1) is 18.3. The first-order valence-electron chi connectivity index (χ1n) is 12.5. The summed E-state index contributed by atoms with van der Waals surface area (Å²) < 4.78 is 79.6. The highest BCUT2D eigenvalue weighted by Gasteiger charge is 2.41. The number of aliphatic hydroxyl groups is 1. The number of hydrogen-bond acceptors (Lipinski definition) is 7. The van der Waals surface area contributed by atoms with Crippen LogP contribution in [0.1, 0.15) is 48.4 Å². The molecule has 0 bridgehead atoms. The number of likely N-dealkylation sites (tertiary alicyclic amines) is 1. The zero-order valence-electron chi connectivity index (χ0n) is 20.6. The van der Waals surface area contributed by atoms with E-state index in [2.05, 4.69) is 20.2 Å². The van der Waals surface area contributed by atoms with Gasteiger partial charge in [0, 0.05) is 48.2 Å². The number of halogens is 6. The van der Waals surface area contributed by atoms with Gasteiger partial charge in [-0.2, -0.15) is 26.3 Å². The minimum Gasteiger partial charge on any atom is -0.383 e. The maximum Gasteiger partial charge on any atom is 0.433 e. The van der Waals surface area contributed by atoms with E-state index in [0.717, 1.165) is 30.0 Å². The van der Waals surface area contributed by atoms with Gasteiger partial charge in [-0.15, -0.1) is 11.3 Å². The molecule has 0 unspecified atom stereocenters. The molecule has 0 atom stereocenters. The van der Waals surface area contributed by atoms with Crippen molar-refractivity contribution in [2.45, 2.75) is 56.1 Å². The largest absolute Gasteiger partial charge is 0.433 e. The lowest BCUT2D eigenvalue weighted by atomic mass is 9.80. The van der Waals surface area contributed by atoms with E-state index in [1.165, 1.54) is 11.3 Å². The Morgan fingerprint density at radius 1 is 1.10 bits per heavy atom. The zero-order chi connectivity index (χ0) is 28.0. The zero-order valence-corrected chi connectivity index (χ0v) is 21.5. The van der Waals surface area contributed by atoms with Crippen LogP contribution in [0.25, 0.3) is 10.9 Å². The molecular weight excluding hydrogens is 546 g/mol. The molecule has 1 aliphatic heterocycles. The Morgan fingerprint density at radius 2 is 1.82 bits per heavy atom. The Kier molecular flexibility index (Phi) is 7.36. The molecule has 2 fully saturated rings. The second-order valence-corrected chi connectivity index (χ2v) is 11.2. The van der Waals surface area contributed by atoms with Gasteiger partial charge in [-0.25, -0.2) is 9.97 Å². The van der Waals surface area contributed by atoms with Crippen molar-refractivity contribution in [2.75, 3.05) is 25.0 Å². The standard InChI is InChI=1S/C26H26F6N4O2S/c27-25(28,29)16-1-2-20-19(10-16)21(11-22(35-20)26(30,31)32)34-12-18(37)9-15-13-36(14-15)17-3-5-24(38,6-4-17)23-33-7-8-39-23/h1-2,7-8,10-11,15,17,38H,3-6,9,12-14H2,(H,34,35). The van der Waals surface area contributed by atoms with E-state index in [4.69, 9.17) is 0 Å². The molecule has 1 aromatic carbocycles. The lowest BCUT2D eigenvalue weighted by Gasteiger charge is -2.47. The Labute approximate surface area is 224 Å². The normalized spacial score (nSPS) is 23.1. The molecule has 3 aromatic rings. The molecule has 210 valence electrons. The minimum atomic E-state index is -4.80. The van der Waals surface area contributed by atoms with Crippen molar-refractivity contribution in [3.63, 3.8) is 0 Å². The van der Waals surface area contributed by atoms with Crippen LogP contribution < -0.4 is 5.32 Å². The number of anilines is 1. The molecular formula is C26H26F6N4O2S. The van der Waals surface area contributed by atoms with E-state index >= 15 is 0 Å². The number of carbonyl (C=O) groups is 1. The highest BCUT2D eigenvalue weighted by Crippen LogP contribution is 2.41. The number of pyridine rings is 1. The van der Waals surface area contributed by atoms with Gasteiger partial charge < -0.3 is 10.4 Å². The first-order valence-corrected chi connectivity index (χ1v) is 13.4. The minimum absolute atomic E-state index is 0.0934. The molecule has 1 aliphatic carbocycles. The summed E-state index contributed by atoms with van der Waals surface area (Å²) in [6.45, 7) is 1.10. The molecule has 1 saturated heterocycles. The second-order valence-electron chi connectivity index (χ2n) is 10.3. The molecule has 0 amide bonds. The summed E-state index contributed by atoms with van der Waals surface area (Å²) in [5, 5.41) is 15.9. The molecule has 2 aromatic heterocycles. The molecule has 3 heterocycles. The number of aromatic nitrogens is 2. The van der Waals surface area contributed by atoms with Gasteiger partial charge in [-0.05, 0) is 55.9 Å². The number of hydrogen-bond donors (Lipinski definition) is 2. The van der Waals surface area contributed by atoms with Crippen molar-refractivity contribution in [1.82, 2.24) is 14.9 Å². The van der Waals surface area contributed by atoms with Crippen LogP contribution in [0.15, 0.2) is 35.8 Å². The van der Waals surface area contributed by atoms with Crippen LogP contribution in [0.3, 0.4) is 0 Å². The van der Waals surface area contributed by atoms with Gasteiger partial charge in [0.15, 0.2) is 5.78 Å². The van der Waals surface area contributed by atoms with Gasteiger partial charge in [-0.1, -0.05) is 0 Å². The third-order valence-corrected chi connectivity index (χ3v) is 8.50. The summed E-state index contributed by atoms with van der Waals surface area (Å²) in [5.74, 6) is -0.150. The summed E-state index contributed by atoms with van der Waals surface area (Å²) in [6.07, 6.45) is -4.73. The highest BCUT2D eigenvalue weighted by molar-refractivity contribution is 7.09. The van der Waals surface area contributed by atoms with Crippen LogP contribution in [-0.2, 0) is 22.7 Å². The molecule has 0 radical (unpaired) electrons. The summed E-state index contributed by atoms with van der Waals surface area (Å²) in [6, 6.07) is 3.25. The third-order valence-electron chi connectivity index (χ3n) is 7.53. The van der Waals surface area contributed by atoms with Crippen molar-refractivity contribution in [2.24, 2.45) is 5.92 Å². The van der Waals surface area contributed by atoms with Gasteiger partial charge in [0.2, 0.25) is 0 Å². The second kappa shape index (κ2) is 10.3. The van der Waals surface area contributed by atoms with Crippen LogP contribution in [-0.4, -0.2) is 51.4 Å². The van der Waals surface area contributed by atoms with Crippen molar-refractivity contribution >= 4 is 33.7 Å². The van der Waals surface area contributed by atoms with E-state index < -0.39 is 29.2 Å². The number of nitrogens with one attached hydrogen (secondary N) is 1. The fourth-order valence-electron chi connectivity index (χ4n) is 5.43. The summed E-state index contributed by atoms with van der Waals surface area (Å²) >= 11 is 1.44. The number of Topliss-reactive ketones (excluding diaryl/α,β-unsaturated/α-hetero) is 1. The SMILES string of the molecule is O=C(CNc1cc(C(F)(F)F)nc2ccc(C(F)(F)F)cc12)CC1CN(C2CCC(O)(c3nccs3)CC2)C1. The lowest BCUT2D eigenvalue weighted by molar-refractivity contribution is -0.141. The smallest absolute Gasteiger partial charge is 0.383 e. The molecule has 0 spiro atoms. The van der Waals surface area contributed by atoms with Crippen LogP contribution in [0, 0.1) is 5.92 Å². The average molecular weight is 573 g/mol. The lowest BCUT2D eigenvalue weighted by Crippen LogP contribution is -2.54. The topological polar surface area (TPSA) is 78.4 Å². The molecule has 2 N–H and O–H groups in total. The Bertz CT molecular complexity index is 1330. The van der Waals surface area contributed by atoms with Crippen LogP contribution in [0.2, 0.25) is 0 Å². The van der Waals surface area contributed by atoms with Crippen LogP contribution in [0.5, 0.6) is 0 Å². The Hall–Kier alpha value is -2.77. The van der Waals surface area contributed by atoms with E-state index in [1.54, 1.807) is 6.20 Å². The van der Waals surface area contributed by atoms with E-state index in [1.807, 2.05) is 5.38 Å². The van der Waals surface area contributed by atoms with E-state index in [0.29, 0.717) is 44.1 Å². The molecule has 2 aliphatic rings. The van der Waals surface area contributed by atoms with E-state index in [-0.39, 0.29) is 41.3 Å². The van der Waals surface area contributed by atoms with Gasteiger partial charge in [0.25, 0.3) is 0 Å². The summed E-state index contributed by atoms with van der Waals surface area (Å²) in [7, 11) is 0. The predicted molar refractivity (Wildman–Crippen MR) is 133 cm³/mol. The molecule has 5 rings (SSSR count). The van der Waals surface area contributed by atoms with Crippen molar-refractivity contribution in [3.05, 3.63) is 52.1 Å². The Balaban J connectivity index is 1.17. The fraction of sp³-hybridized carbons (Fsp3) is 0.500. The van der Waals surface area contributed by atoms with Gasteiger partial charge in [-0.3, -0.25) is 9.69 Å². The number of ketones is 1. The molecule has 1 saturated carbocycles. The monoisotopic (exact) mass is 572 g/mol. The number of benzene rings is 1. The van der Waals surface area contributed by atoms with Crippen molar-refractivity contribution in [1.29, 1.82) is 0 Å². The fourth-order valence-corrected chi connectivity index (χ4v) is 6.23.